The van der Waals surface area contributed by atoms with Crippen LogP contribution in [0.15, 0.2) is 47.6 Å². The highest BCUT2D eigenvalue weighted by Gasteiger charge is 2.43. The molecule has 6 N–H and O–H groups in total. The molecule has 3 rings (SSSR count). The lowest BCUT2D eigenvalue weighted by molar-refractivity contribution is -0.383. The first kappa shape index (κ1) is 73.6. The molecule has 1 saturated heterocycles. The number of hydrogen-bond donors (Lipinski definition) is 5. The normalized spacial score (nSPS) is 15.9. The Kier molecular flexibility index (Phi) is 30.8. The molecule has 1 aliphatic heterocycles. The number of nitrogens with two attached hydrogens (primary N) is 1. The lowest BCUT2D eigenvalue weighted by Crippen LogP contribution is -2.54. The third kappa shape index (κ3) is 23.2. The summed E-state index contributed by atoms with van der Waals surface area (Å²) in [5, 5.41) is 24.9. The lowest BCUT2D eigenvalue weighted by Gasteiger charge is -2.41. The summed E-state index contributed by atoms with van der Waals surface area (Å²) >= 11 is 0. The van der Waals surface area contributed by atoms with Crippen LogP contribution in [0.2, 0.25) is 0 Å². The summed E-state index contributed by atoms with van der Waals surface area (Å²) in [6.45, 7) is 12.9. The first-order valence-electron chi connectivity index (χ1n) is 29.7. The average molecular weight is 1220 g/mol. The Balaban J connectivity index is 1.51. The van der Waals surface area contributed by atoms with Crippen molar-refractivity contribution in [1.82, 2.24) is 36.0 Å². The molecule has 0 aliphatic carbocycles. The van der Waals surface area contributed by atoms with Gasteiger partial charge in [0.15, 0.2) is 23.1 Å². The van der Waals surface area contributed by atoms with E-state index in [0.717, 1.165) is 17.7 Å². The zero-order valence-electron chi connectivity index (χ0n) is 52.6. The van der Waals surface area contributed by atoms with E-state index >= 15 is 0 Å². The highest BCUT2D eigenvalue weighted by Crippen LogP contribution is 2.31. The maximum atomic E-state index is 14.5. The highest BCUT2D eigenvalue weighted by atomic mass is 16.6. The van der Waals surface area contributed by atoms with Crippen molar-refractivity contribution in [2.24, 2.45) is 34.7 Å². The number of likely N-dealkylation sites (tertiary alicyclic amines) is 1. The van der Waals surface area contributed by atoms with Gasteiger partial charge >= 0.3 is 0 Å². The molecule has 26 heteroatoms. The third-order valence-electron chi connectivity index (χ3n) is 16.1. The first-order valence-corrected chi connectivity index (χ1v) is 29.7. The molecule has 1 fully saturated rings. The van der Waals surface area contributed by atoms with Crippen LogP contribution in [0, 0.1) is 39.7 Å². The fraction of sp³-hybridized carbons (Fsp3) is 0.639. The number of methoxy groups -OCH3 is 2. The molecule has 26 nitrogen and oxygen atoms in total. The van der Waals surface area contributed by atoms with Gasteiger partial charge in [-0.15, -0.1) is 0 Å². The molecular weight excluding hydrogens is 1120 g/mol. The van der Waals surface area contributed by atoms with Gasteiger partial charge in [-0.1, -0.05) is 84.3 Å². The first-order chi connectivity index (χ1) is 41.1. The van der Waals surface area contributed by atoms with Gasteiger partial charge in [0.2, 0.25) is 29.5 Å². The minimum Gasteiger partial charge on any atom is -0.393 e. The minimum atomic E-state index is -0.758. The average Bonchev–Trinajstić information content (AvgIpc) is 4.01. The van der Waals surface area contributed by atoms with E-state index in [1.165, 1.54) is 20.3 Å². The van der Waals surface area contributed by atoms with Crippen molar-refractivity contribution in [3.05, 3.63) is 79.7 Å². The number of nitrogens with zero attached hydrogens (tertiary/aromatic N) is 7. The molecule has 9 atom stereocenters. The monoisotopic (exact) mass is 1220 g/mol. The van der Waals surface area contributed by atoms with Crippen molar-refractivity contribution < 1.29 is 62.3 Å². The van der Waals surface area contributed by atoms with Gasteiger partial charge in [-0.2, -0.15) is 0 Å². The molecule has 480 valence electrons. The maximum Gasteiger partial charge on any atom is 0.292 e. The van der Waals surface area contributed by atoms with Crippen LogP contribution in [-0.2, 0) is 65.5 Å². The van der Waals surface area contributed by atoms with Gasteiger partial charge in [0.1, 0.15) is 5.69 Å². The van der Waals surface area contributed by atoms with E-state index in [0.29, 0.717) is 31.4 Å². The van der Waals surface area contributed by atoms with Gasteiger partial charge in [-0.3, -0.25) is 63.0 Å². The van der Waals surface area contributed by atoms with Crippen LogP contribution in [0.1, 0.15) is 128 Å². The maximum absolute atomic E-state index is 14.5. The number of azide groups is 1. The number of carbonyl (C=O) groups is 10. The van der Waals surface area contributed by atoms with Gasteiger partial charge in [-0.25, -0.2) is 0 Å². The third-order valence-corrected chi connectivity index (χ3v) is 16.1. The lowest BCUT2D eigenvalue weighted by atomic mass is 9.83. The van der Waals surface area contributed by atoms with E-state index in [1.54, 1.807) is 48.0 Å². The van der Waals surface area contributed by atoms with Crippen LogP contribution in [-0.4, -0.2) is 183 Å². The van der Waals surface area contributed by atoms with Crippen molar-refractivity contribution >= 4 is 70.0 Å². The molecule has 2 aromatic rings. The number of nitro groups is 1. The predicted octanol–water partition coefficient (Wildman–Crippen LogP) is 4.73. The number of nitrogen functional groups attached to an aromatic ring is 1. The smallest absolute Gasteiger partial charge is 0.292 e. The molecule has 87 heavy (non-hydrogen) atoms. The summed E-state index contributed by atoms with van der Waals surface area (Å²) in [5.74, 6) is -5.35. The zero-order valence-corrected chi connectivity index (χ0v) is 52.6. The molecule has 0 saturated carbocycles. The van der Waals surface area contributed by atoms with Crippen molar-refractivity contribution in [3.8, 4) is 0 Å². The second-order valence-electron chi connectivity index (χ2n) is 23.5. The Morgan fingerprint density at radius 1 is 0.805 bits per heavy atom. The molecule has 0 unspecified atom stereocenters. The number of carbonyl (C=O) groups excluding carboxylic acids is 10. The van der Waals surface area contributed by atoms with Crippen molar-refractivity contribution in [2.45, 2.75) is 155 Å². The van der Waals surface area contributed by atoms with Crippen LogP contribution in [0.3, 0.4) is 0 Å². The molecule has 0 bridgehead atoms. The molecule has 1 heterocycles. The molecule has 1 aliphatic rings. The fourth-order valence-electron chi connectivity index (χ4n) is 11.2. The number of rotatable bonds is 39. The van der Waals surface area contributed by atoms with Gasteiger partial charge in [-0.05, 0) is 79.9 Å². The second-order valence-corrected chi connectivity index (χ2v) is 23.5. The fourth-order valence-corrected chi connectivity index (χ4v) is 11.2. The number of hydrogen-bond acceptors (Lipinski definition) is 17. The topological polar surface area (TPSA) is 365 Å². The van der Waals surface area contributed by atoms with Crippen LogP contribution < -0.4 is 27.0 Å². The van der Waals surface area contributed by atoms with Crippen molar-refractivity contribution in [1.29, 1.82) is 0 Å². The Bertz CT molecular complexity index is 2760. The molecule has 0 radical (unpaired) electrons. The Morgan fingerprint density at radius 3 is 1.91 bits per heavy atom. The summed E-state index contributed by atoms with van der Waals surface area (Å²) < 4.78 is 12.1. The number of anilines is 1. The molecule has 0 spiro atoms. The number of Topliss-reactive ketones (excluding diaryl/α,β-unsaturated/α-hetero) is 4. The van der Waals surface area contributed by atoms with E-state index < -0.39 is 89.5 Å². The summed E-state index contributed by atoms with van der Waals surface area (Å²) in [4.78, 5) is 150. The van der Waals surface area contributed by atoms with Gasteiger partial charge in [0, 0.05) is 101 Å². The van der Waals surface area contributed by atoms with Gasteiger partial charge in [0.05, 0.1) is 67.2 Å². The van der Waals surface area contributed by atoms with Crippen molar-refractivity contribution in [3.63, 3.8) is 0 Å². The minimum absolute atomic E-state index is 0.00446. The summed E-state index contributed by atoms with van der Waals surface area (Å²) in [6, 6.07) is 8.44. The Morgan fingerprint density at radius 2 is 1.39 bits per heavy atom. The van der Waals surface area contributed by atoms with Crippen molar-refractivity contribution in [2.75, 3.05) is 73.8 Å². The molecule has 6 amide bonds. The zero-order chi connectivity index (χ0) is 65.2. The molecule has 2 aromatic carbocycles. The molecule has 0 aromatic heterocycles. The SMILES string of the molecule is CC[C@H](C)[C@@H]([C@@H](CC(=O)N1CCC[C@H]1[C@H](OC)[C@@H](C)C(=O)N[C@H](CN=[N+]=[N-])Cc1ccc(CC(=O)CNC(=O)CCC(=O)CNC(=O)CCC(=O)CNC(=O)c2ccc([N+](=O)[O-])c(N)c2)cc1)OC)N(C)C(=O)[C@@H](CC(=O)[C@H](C(C)C)N(C)C)C(C)C. The number of amides is 6. The number of nitrogens with one attached hydrogen (secondary N) is 4. The standard InChI is InChI=1S/C61H92N12O14/c1-13-38(6)57(71(10)61(83)47(36(2)3)30-51(77)56(37(4)5)70(8)9)52(86-11)31-55(80)72-26-14-15-50(72)58(87-12)39(7)59(81)68-43(32-67-69-63)27-40-16-18-41(19-17-40)28-46(76)35-65-54(79)24-21-44(74)33-64-53(78)25-22-45(75)34-66-60(82)42-20-23-49(73(84)85)48(62)29-42/h16-20,23,29,36-39,43,47,50,52,56-58H,13-15,21-22,24-28,30-35,62H2,1-12H3,(H,64,78)(H,65,79)(H,66,82)(H,68,81)/t38-,39+,43-,47-,50-,52+,56-,57-,58+/m0/s1. The predicted molar refractivity (Wildman–Crippen MR) is 326 cm³/mol. The number of likely N-dealkylation sites (N-methyl/N-ethyl adjacent to an activating group) is 2. The number of ether oxygens (including phenoxy) is 2. The second kappa shape index (κ2) is 36.5. The van der Waals surface area contributed by atoms with E-state index in [4.69, 9.17) is 15.2 Å². The van der Waals surface area contributed by atoms with E-state index in [2.05, 4.69) is 31.3 Å². The summed E-state index contributed by atoms with van der Waals surface area (Å²) in [7, 11) is 8.50. The molecular formula is C61H92N12O14. The van der Waals surface area contributed by atoms with E-state index in [1.807, 2.05) is 60.5 Å². The Hall–Kier alpha value is -7.67. The van der Waals surface area contributed by atoms with E-state index in [9.17, 15) is 63.6 Å². The van der Waals surface area contributed by atoms with Crippen LogP contribution in [0.25, 0.3) is 10.4 Å². The number of nitro benzene ring substituents is 1. The van der Waals surface area contributed by atoms with Gasteiger partial charge < -0.3 is 46.3 Å². The van der Waals surface area contributed by atoms with Crippen LogP contribution in [0.4, 0.5) is 11.4 Å². The Labute approximate surface area is 510 Å². The quantitative estimate of drug-likeness (QED) is 0.0151. The van der Waals surface area contributed by atoms with Crippen LogP contribution >= 0.6 is 0 Å². The van der Waals surface area contributed by atoms with E-state index in [-0.39, 0.29) is 134 Å². The number of ketones is 4. The largest absolute Gasteiger partial charge is 0.393 e. The summed E-state index contributed by atoms with van der Waals surface area (Å²) in [6.07, 6.45) is -0.153. The number of benzene rings is 2. The highest BCUT2D eigenvalue weighted by molar-refractivity contribution is 5.98. The van der Waals surface area contributed by atoms with Gasteiger partial charge in [0.25, 0.3) is 11.6 Å². The summed E-state index contributed by atoms with van der Waals surface area (Å²) in [5.41, 5.74) is 15.7. The van der Waals surface area contributed by atoms with Crippen LogP contribution in [0.5, 0.6) is 0 Å².